The summed E-state index contributed by atoms with van der Waals surface area (Å²) < 4.78 is 5.69. The van der Waals surface area contributed by atoms with Crippen molar-refractivity contribution in [3.05, 3.63) is 30.3 Å². The van der Waals surface area contributed by atoms with Gasteiger partial charge in [0.2, 0.25) is 0 Å². The van der Waals surface area contributed by atoms with Gasteiger partial charge >= 0.3 is 0 Å². The van der Waals surface area contributed by atoms with Crippen molar-refractivity contribution < 1.29 is 9.53 Å². The van der Waals surface area contributed by atoms with E-state index in [0.717, 1.165) is 44.8 Å². The van der Waals surface area contributed by atoms with Crippen molar-refractivity contribution in [2.45, 2.75) is 31.7 Å². The van der Waals surface area contributed by atoms with Crippen LogP contribution in [0.2, 0.25) is 0 Å². The minimum Gasteiger partial charge on any atom is -0.484 e. The molecule has 1 amide bonds. The lowest BCUT2D eigenvalue weighted by atomic mass is 10.1. The largest absolute Gasteiger partial charge is 0.484 e. The third-order valence-electron chi connectivity index (χ3n) is 4.99. The summed E-state index contributed by atoms with van der Waals surface area (Å²) in [6.07, 6.45) is 4.80. The molecule has 1 aromatic rings. The van der Waals surface area contributed by atoms with E-state index in [1.807, 2.05) is 35.2 Å². The fraction of sp³-hybridized carbons (Fsp3) is 0.632. The van der Waals surface area contributed by atoms with Gasteiger partial charge in [-0.2, -0.15) is 0 Å². The van der Waals surface area contributed by atoms with Crippen LogP contribution in [0.25, 0.3) is 0 Å². The second-order valence-electron chi connectivity index (χ2n) is 6.74. The molecule has 0 aromatic heterocycles. The van der Waals surface area contributed by atoms with Crippen LogP contribution in [-0.4, -0.2) is 67.6 Å². The monoisotopic (exact) mass is 367 g/mol. The Balaban J connectivity index is 0.00000225. The molecule has 0 spiro atoms. The number of carbonyl (C=O) groups is 1. The Morgan fingerprint density at radius 3 is 2.64 bits per heavy atom. The molecule has 2 fully saturated rings. The predicted molar refractivity (Wildman–Crippen MR) is 102 cm³/mol. The zero-order valence-corrected chi connectivity index (χ0v) is 15.7. The van der Waals surface area contributed by atoms with Crippen molar-refractivity contribution in [3.63, 3.8) is 0 Å². The predicted octanol–water partition coefficient (Wildman–Crippen LogP) is 2.16. The van der Waals surface area contributed by atoms with Crippen molar-refractivity contribution >= 4 is 18.3 Å². The van der Waals surface area contributed by atoms with E-state index in [0.29, 0.717) is 6.04 Å². The number of rotatable bonds is 7. The highest BCUT2D eigenvalue weighted by molar-refractivity contribution is 5.85. The van der Waals surface area contributed by atoms with Crippen molar-refractivity contribution in [2.75, 3.05) is 45.9 Å². The molecule has 3 rings (SSSR count). The highest BCUT2D eigenvalue weighted by atomic mass is 35.5. The number of nitrogens with zero attached hydrogens (tertiary/aromatic N) is 2. The van der Waals surface area contributed by atoms with Crippen molar-refractivity contribution in [3.8, 4) is 5.75 Å². The van der Waals surface area contributed by atoms with Crippen LogP contribution in [0.5, 0.6) is 5.75 Å². The van der Waals surface area contributed by atoms with Crippen molar-refractivity contribution in [1.29, 1.82) is 0 Å². The van der Waals surface area contributed by atoms with Gasteiger partial charge in [0.25, 0.3) is 5.91 Å². The summed E-state index contributed by atoms with van der Waals surface area (Å²) in [5.74, 6) is 0.860. The molecule has 2 aliphatic rings. The zero-order chi connectivity index (χ0) is 16.6. The molecular formula is C19H30ClN3O2. The number of nitrogens with one attached hydrogen (secondary N) is 1. The number of piperidine rings is 1. The number of hydrogen-bond acceptors (Lipinski definition) is 4. The number of para-hydroxylation sites is 1. The van der Waals surface area contributed by atoms with Gasteiger partial charge in [0.15, 0.2) is 6.61 Å². The molecule has 140 valence electrons. The van der Waals surface area contributed by atoms with E-state index < -0.39 is 0 Å². The Labute approximate surface area is 157 Å². The first kappa shape index (κ1) is 20.0. The third kappa shape index (κ3) is 6.17. The van der Waals surface area contributed by atoms with E-state index in [9.17, 15) is 4.79 Å². The zero-order valence-electron chi connectivity index (χ0n) is 14.9. The van der Waals surface area contributed by atoms with Gasteiger partial charge in [-0.3, -0.25) is 4.79 Å². The van der Waals surface area contributed by atoms with Crippen LogP contribution in [0.1, 0.15) is 25.7 Å². The summed E-state index contributed by atoms with van der Waals surface area (Å²) in [6.45, 7) is 6.22. The van der Waals surface area contributed by atoms with Gasteiger partial charge in [-0.05, 0) is 57.5 Å². The lowest BCUT2D eigenvalue weighted by molar-refractivity contribution is -0.136. The van der Waals surface area contributed by atoms with Gasteiger partial charge in [-0.1, -0.05) is 18.2 Å². The van der Waals surface area contributed by atoms with E-state index in [2.05, 4.69) is 10.2 Å². The maximum atomic E-state index is 12.8. The SMILES string of the molecule is Cl.O=C(COc1ccccc1)N(CCN1CCCC1)C1CCCNC1. The Morgan fingerprint density at radius 2 is 1.96 bits per heavy atom. The normalized spacial score (nSPS) is 20.7. The summed E-state index contributed by atoms with van der Waals surface area (Å²) in [4.78, 5) is 17.3. The quantitative estimate of drug-likeness (QED) is 0.802. The number of halogens is 1. The van der Waals surface area contributed by atoms with Crippen LogP contribution < -0.4 is 10.1 Å². The molecule has 5 nitrogen and oxygen atoms in total. The van der Waals surface area contributed by atoms with Gasteiger partial charge in [0, 0.05) is 25.7 Å². The Morgan fingerprint density at radius 1 is 1.20 bits per heavy atom. The molecule has 2 aliphatic heterocycles. The number of likely N-dealkylation sites (tertiary alicyclic amines) is 1. The molecule has 2 heterocycles. The fourth-order valence-corrected chi connectivity index (χ4v) is 3.61. The van der Waals surface area contributed by atoms with Gasteiger partial charge in [-0.15, -0.1) is 12.4 Å². The Bertz CT molecular complexity index is 503. The number of hydrogen-bond donors (Lipinski definition) is 1. The molecule has 1 N–H and O–H groups in total. The minimum atomic E-state index is 0. The molecule has 6 heteroatoms. The molecule has 1 atom stereocenters. The molecular weight excluding hydrogens is 338 g/mol. The summed E-state index contributed by atoms with van der Waals surface area (Å²) in [6, 6.07) is 9.89. The third-order valence-corrected chi connectivity index (χ3v) is 4.99. The van der Waals surface area contributed by atoms with Crippen LogP contribution in [0.3, 0.4) is 0 Å². The maximum absolute atomic E-state index is 12.8. The average molecular weight is 368 g/mol. The summed E-state index contributed by atoms with van der Waals surface area (Å²) in [5, 5.41) is 3.42. The standard InChI is InChI=1S/C19H29N3O2.ClH/c23-19(16-24-18-8-2-1-3-9-18)22(17-7-6-10-20-15-17)14-13-21-11-4-5-12-21;/h1-3,8-9,17,20H,4-7,10-16H2;1H. The summed E-state index contributed by atoms with van der Waals surface area (Å²) in [7, 11) is 0. The Hall–Kier alpha value is -1.30. The van der Waals surface area contributed by atoms with Crippen LogP contribution in [-0.2, 0) is 4.79 Å². The minimum absolute atomic E-state index is 0. The first-order valence-electron chi connectivity index (χ1n) is 9.23. The second-order valence-corrected chi connectivity index (χ2v) is 6.74. The van der Waals surface area contributed by atoms with Crippen LogP contribution >= 0.6 is 12.4 Å². The lowest BCUT2D eigenvalue weighted by Crippen LogP contribution is -2.52. The average Bonchev–Trinajstić information content (AvgIpc) is 3.15. The number of amides is 1. The molecule has 0 radical (unpaired) electrons. The highest BCUT2D eigenvalue weighted by Gasteiger charge is 2.26. The number of ether oxygens (including phenoxy) is 1. The Kier molecular flexibility index (Phi) is 8.52. The smallest absolute Gasteiger partial charge is 0.260 e. The molecule has 1 aromatic carbocycles. The van der Waals surface area contributed by atoms with Crippen molar-refractivity contribution in [2.24, 2.45) is 0 Å². The first-order valence-corrected chi connectivity index (χ1v) is 9.23. The van der Waals surface area contributed by atoms with Crippen LogP contribution in [0, 0.1) is 0 Å². The van der Waals surface area contributed by atoms with Crippen LogP contribution in [0.4, 0.5) is 0 Å². The van der Waals surface area contributed by atoms with Crippen LogP contribution in [0.15, 0.2) is 30.3 Å². The summed E-state index contributed by atoms with van der Waals surface area (Å²) >= 11 is 0. The number of carbonyl (C=O) groups excluding carboxylic acids is 1. The molecule has 25 heavy (non-hydrogen) atoms. The molecule has 0 saturated carbocycles. The highest BCUT2D eigenvalue weighted by Crippen LogP contribution is 2.14. The van der Waals surface area contributed by atoms with Gasteiger partial charge in [0.05, 0.1) is 0 Å². The molecule has 1 unspecified atom stereocenters. The van der Waals surface area contributed by atoms with Gasteiger partial charge < -0.3 is 19.9 Å². The first-order chi connectivity index (χ1) is 11.8. The number of benzene rings is 1. The molecule has 0 bridgehead atoms. The van der Waals surface area contributed by atoms with E-state index in [4.69, 9.17) is 4.74 Å². The van der Waals surface area contributed by atoms with E-state index in [-0.39, 0.29) is 24.9 Å². The van der Waals surface area contributed by atoms with E-state index >= 15 is 0 Å². The van der Waals surface area contributed by atoms with Gasteiger partial charge in [0.1, 0.15) is 5.75 Å². The van der Waals surface area contributed by atoms with Crippen molar-refractivity contribution in [1.82, 2.24) is 15.1 Å². The van der Waals surface area contributed by atoms with E-state index in [1.54, 1.807) is 0 Å². The van der Waals surface area contributed by atoms with E-state index in [1.165, 1.54) is 25.9 Å². The summed E-state index contributed by atoms with van der Waals surface area (Å²) in [5.41, 5.74) is 0. The second kappa shape index (κ2) is 10.6. The topological polar surface area (TPSA) is 44.8 Å². The maximum Gasteiger partial charge on any atom is 0.260 e. The molecule has 0 aliphatic carbocycles. The van der Waals surface area contributed by atoms with Gasteiger partial charge in [-0.25, -0.2) is 0 Å². The fourth-order valence-electron chi connectivity index (χ4n) is 3.61. The lowest BCUT2D eigenvalue weighted by Gasteiger charge is -2.35. The molecule has 2 saturated heterocycles.